The van der Waals surface area contributed by atoms with Gasteiger partial charge in [-0.1, -0.05) is 24.3 Å². The lowest BCUT2D eigenvalue weighted by Crippen LogP contribution is -2.28. The minimum absolute atomic E-state index is 0.0757. The molecule has 0 aliphatic rings. The van der Waals surface area contributed by atoms with Gasteiger partial charge in [0.05, 0.1) is 5.69 Å². The second kappa shape index (κ2) is 7.77. The van der Waals surface area contributed by atoms with Gasteiger partial charge in [0, 0.05) is 31.5 Å². The number of aromatic nitrogens is 2. The summed E-state index contributed by atoms with van der Waals surface area (Å²) in [5.74, 6) is -0.592. The highest BCUT2D eigenvalue weighted by Gasteiger charge is 2.08. The molecule has 0 radical (unpaired) electrons. The largest absolute Gasteiger partial charge is 0.334 e. The number of carbonyl (C=O) groups excluding carboxylic acids is 1. The summed E-state index contributed by atoms with van der Waals surface area (Å²) in [5.41, 5.74) is 1.92. The number of nitrogens with zero attached hydrogens (tertiary/aromatic N) is 2. The van der Waals surface area contributed by atoms with Crippen LogP contribution in [0.15, 0.2) is 54.9 Å². The number of carbonyl (C=O) groups is 1. The van der Waals surface area contributed by atoms with Crippen molar-refractivity contribution < 1.29 is 13.6 Å². The zero-order valence-electron chi connectivity index (χ0n) is 14.2. The van der Waals surface area contributed by atoms with Gasteiger partial charge in [-0.15, -0.1) is 0 Å². The van der Waals surface area contributed by atoms with Gasteiger partial charge in [-0.25, -0.2) is 18.6 Å². The van der Waals surface area contributed by atoms with Crippen LogP contribution in [0, 0.1) is 18.6 Å². The van der Waals surface area contributed by atoms with Crippen LogP contribution in [-0.2, 0) is 13.1 Å². The molecule has 1 heterocycles. The third kappa shape index (κ3) is 4.44. The first-order valence-electron chi connectivity index (χ1n) is 8.07. The van der Waals surface area contributed by atoms with E-state index < -0.39 is 17.7 Å². The fraction of sp³-hybridized carbons (Fsp3) is 0.158. The molecule has 0 unspecified atom stereocenters. The van der Waals surface area contributed by atoms with Crippen LogP contribution in [0.1, 0.15) is 17.0 Å². The maximum Gasteiger partial charge on any atom is 0.319 e. The van der Waals surface area contributed by atoms with E-state index in [0.29, 0.717) is 6.54 Å². The summed E-state index contributed by atoms with van der Waals surface area (Å²) < 4.78 is 28.5. The molecular weight excluding hydrogens is 338 g/mol. The highest BCUT2D eigenvalue weighted by molar-refractivity contribution is 5.89. The molecule has 0 aliphatic carbocycles. The van der Waals surface area contributed by atoms with Gasteiger partial charge in [0.1, 0.15) is 17.5 Å². The number of halogens is 2. The molecular formula is C19H18F2N4O. The van der Waals surface area contributed by atoms with Crippen LogP contribution in [0.5, 0.6) is 0 Å². The average Bonchev–Trinajstić information content (AvgIpc) is 3.01. The Bertz CT molecular complexity index is 923. The van der Waals surface area contributed by atoms with Crippen LogP contribution < -0.4 is 10.6 Å². The van der Waals surface area contributed by atoms with Gasteiger partial charge in [0.2, 0.25) is 0 Å². The molecule has 0 atom stereocenters. The number of benzene rings is 2. The molecule has 0 spiro atoms. The lowest BCUT2D eigenvalue weighted by molar-refractivity contribution is 0.251. The molecule has 0 bridgehead atoms. The normalized spacial score (nSPS) is 10.6. The van der Waals surface area contributed by atoms with Gasteiger partial charge < -0.3 is 15.2 Å². The van der Waals surface area contributed by atoms with Crippen LogP contribution in [0.2, 0.25) is 0 Å². The average molecular weight is 356 g/mol. The highest BCUT2D eigenvalue weighted by atomic mass is 19.1. The lowest BCUT2D eigenvalue weighted by atomic mass is 10.1. The Kier molecular flexibility index (Phi) is 5.26. The van der Waals surface area contributed by atoms with E-state index in [2.05, 4.69) is 15.6 Å². The Labute approximate surface area is 149 Å². The Morgan fingerprint density at radius 2 is 1.96 bits per heavy atom. The maximum absolute atomic E-state index is 13.5. The Hall–Kier alpha value is -3.22. The van der Waals surface area contributed by atoms with Crippen molar-refractivity contribution in [1.82, 2.24) is 14.9 Å². The van der Waals surface area contributed by atoms with E-state index in [1.807, 2.05) is 42.0 Å². The lowest BCUT2D eigenvalue weighted by Gasteiger charge is -2.10. The molecule has 0 saturated heterocycles. The monoisotopic (exact) mass is 356 g/mol. The molecule has 134 valence electrons. The first-order valence-corrected chi connectivity index (χ1v) is 8.07. The van der Waals surface area contributed by atoms with Gasteiger partial charge in [-0.05, 0) is 30.2 Å². The summed E-state index contributed by atoms with van der Waals surface area (Å²) >= 11 is 0. The molecule has 2 amide bonds. The summed E-state index contributed by atoms with van der Waals surface area (Å²) in [4.78, 5) is 16.1. The van der Waals surface area contributed by atoms with Crippen molar-refractivity contribution in [3.8, 4) is 0 Å². The summed E-state index contributed by atoms with van der Waals surface area (Å²) in [6, 6.07) is 10.2. The van der Waals surface area contributed by atoms with Gasteiger partial charge in [0.25, 0.3) is 0 Å². The van der Waals surface area contributed by atoms with E-state index in [-0.39, 0.29) is 12.2 Å². The molecule has 0 saturated carbocycles. The number of imidazole rings is 1. The van der Waals surface area contributed by atoms with E-state index in [4.69, 9.17) is 0 Å². The molecule has 1 aromatic heterocycles. The second-order valence-corrected chi connectivity index (χ2v) is 5.85. The maximum atomic E-state index is 13.5. The van der Waals surface area contributed by atoms with Crippen molar-refractivity contribution in [2.45, 2.75) is 20.0 Å². The van der Waals surface area contributed by atoms with Crippen LogP contribution in [-0.4, -0.2) is 15.6 Å². The summed E-state index contributed by atoms with van der Waals surface area (Å²) in [6.45, 7) is 2.91. The van der Waals surface area contributed by atoms with Crippen LogP contribution in [0.4, 0.5) is 19.3 Å². The summed E-state index contributed by atoms with van der Waals surface area (Å²) in [7, 11) is 0. The van der Waals surface area contributed by atoms with E-state index in [1.54, 1.807) is 6.20 Å². The fourth-order valence-corrected chi connectivity index (χ4v) is 2.55. The Morgan fingerprint density at radius 1 is 1.15 bits per heavy atom. The smallest absolute Gasteiger partial charge is 0.319 e. The number of urea groups is 1. The highest BCUT2D eigenvalue weighted by Crippen LogP contribution is 2.15. The number of hydrogen-bond donors (Lipinski definition) is 2. The quantitative estimate of drug-likeness (QED) is 0.730. The molecule has 0 aliphatic heterocycles. The van der Waals surface area contributed by atoms with Crippen LogP contribution >= 0.6 is 0 Å². The zero-order valence-corrected chi connectivity index (χ0v) is 14.2. The van der Waals surface area contributed by atoms with E-state index in [0.717, 1.165) is 29.1 Å². The predicted molar refractivity (Wildman–Crippen MR) is 94.7 cm³/mol. The molecule has 2 aromatic carbocycles. The Morgan fingerprint density at radius 3 is 2.69 bits per heavy atom. The third-order valence-electron chi connectivity index (χ3n) is 3.90. The molecule has 26 heavy (non-hydrogen) atoms. The first kappa shape index (κ1) is 17.6. The second-order valence-electron chi connectivity index (χ2n) is 5.85. The van der Waals surface area contributed by atoms with E-state index in [9.17, 15) is 13.6 Å². The van der Waals surface area contributed by atoms with E-state index >= 15 is 0 Å². The Balaban J connectivity index is 1.58. The van der Waals surface area contributed by atoms with Crippen molar-refractivity contribution in [2.24, 2.45) is 0 Å². The van der Waals surface area contributed by atoms with Gasteiger partial charge >= 0.3 is 6.03 Å². The molecule has 5 nitrogen and oxygen atoms in total. The third-order valence-corrected chi connectivity index (χ3v) is 3.90. The van der Waals surface area contributed by atoms with Gasteiger partial charge in [-0.2, -0.15) is 0 Å². The number of aryl methyl sites for hydroxylation is 1. The molecule has 3 aromatic rings. The van der Waals surface area contributed by atoms with Crippen molar-refractivity contribution in [2.75, 3.05) is 5.32 Å². The number of rotatable bonds is 5. The van der Waals surface area contributed by atoms with Crippen molar-refractivity contribution >= 4 is 11.7 Å². The summed E-state index contributed by atoms with van der Waals surface area (Å²) in [6.07, 6.45) is 3.66. The fourth-order valence-electron chi connectivity index (χ4n) is 2.55. The van der Waals surface area contributed by atoms with Gasteiger partial charge in [0.15, 0.2) is 0 Å². The molecule has 2 N–H and O–H groups in total. The van der Waals surface area contributed by atoms with E-state index in [1.165, 1.54) is 6.07 Å². The molecule has 3 rings (SSSR count). The molecule has 0 fully saturated rings. The predicted octanol–water partition coefficient (Wildman–Crippen LogP) is 3.84. The van der Waals surface area contributed by atoms with Crippen molar-refractivity contribution in [3.05, 3.63) is 83.4 Å². The van der Waals surface area contributed by atoms with Crippen LogP contribution in [0.3, 0.4) is 0 Å². The van der Waals surface area contributed by atoms with Crippen LogP contribution in [0.25, 0.3) is 0 Å². The minimum atomic E-state index is -0.821. The SMILES string of the molecule is Cc1nccn1Cc1cccc(CNC(=O)Nc2ccc(F)cc2F)c1. The number of hydrogen-bond acceptors (Lipinski definition) is 2. The number of anilines is 1. The van der Waals surface area contributed by atoms with Gasteiger partial charge in [-0.3, -0.25) is 0 Å². The topological polar surface area (TPSA) is 59.0 Å². The minimum Gasteiger partial charge on any atom is -0.334 e. The van der Waals surface area contributed by atoms with Crippen molar-refractivity contribution in [3.63, 3.8) is 0 Å². The first-order chi connectivity index (χ1) is 12.5. The number of amides is 2. The molecule has 7 heteroatoms. The number of nitrogens with one attached hydrogen (secondary N) is 2. The van der Waals surface area contributed by atoms with Crippen molar-refractivity contribution in [1.29, 1.82) is 0 Å². The summed E-state index contributed by atoms with van der Waals surface area (Å²) in [5, 5.41) is 5.02. The standard InChI is InChI=1S/C19H18F2N4O/c1-13-22-7-8-25(13)12-15-4-2-3-14(9-15)11-23-19(26)24-18-6-5-16(20)10-17(18)21/h2-10H,11-12H2,1H3,(H2,23,24,26). The zero-order chi connectivity index (χ0) is 18.5.